The number of aryl methyl sites for hydroxylation is 1. The van der Waals surface area contributed by atoms with Crippen molar-refractivity contribution in [3.8, 4) is 17.3 Å². The highest BCUT2D eigenvalue weighted by Crippen LogP contribution is 2.41. The maximum atomic E-state index is 14.9. The Kier molecular flexibility index (Phi) is 6.31. The number of aromatic nitrogens is 4. The Morgan fingerprint density at radius 3 is 2.67 bits per heavy atom. The van der Waals surface area contributed by atoms with Gasteiger partial charge in [-0.1, -0.05) is 19.1 Å². The van der Waals surface area contributed by atoms with E-state index in [1.165, 1.54) is 16.0 Å². The minimum atomic E-state index is -1.82. The Morgan fingerprint density at radius 2 is 2.00 bits per heavy atom. The molecule has 0 fully saturated rings. The molecule has 4 rings (SSSR count). The molecule has 0 aliphatic carbocycles. The molecule has 0 radical (unpaired) electrons. The van der Waals surface area contributed by atoms with E-state index in [1.54, 1.807) is 43.8 Å². The highest BCUT2D eigenvalue weighted by molar-refractivity contribution is 7.10. The van der Waals surface area contributed by atoms with Gasteiger partial charge in [0.2, 0.25) is 6.33 Å². The third kappa shape index (κ3) is 4.53. The normalized spacial score (nSPS) is 13.9. The number of benzene rings is 2. The first-order chi connectivity index (χ1) is 15.8. The smallest absolute Gasteiger partial charge is 0.265 e. The second-order valence-corrected chi connectivity index (χ2v) is 8.69. The van der Waals surface area contributed by atoms with Gasteiger partial charge in [-0.3, -0.25) is 0 Å². The summed E-state index contributed by atoms with van der Waals surface area (Å²) in [5, 5.41) is 27.5. The fourth-order valence-electron chi connectivity index (χ4n) is 3.68. The SMILES string of the molecule is CC[n+]1cnn(C[C@](O)(c2cc(F)ccc2F)[C@@H](C)c2nc(-c3ccc(C#N)cc3)cs2)c1. The van der Waals surface area contributed by atoms with Gasteiger partial charge in [-0.05, 0) is 37.3 Å². The summed E-state index contributed by atoms with van der Waals surface area (Å²) in [5.41, 5.74) is 0.0751. The Hall–Kier alpha value is -3.48. The topological polar surface area (TPSA) is 78.6 Å². The molecule has 0 spiro atoms. The van der Waals surface area contributed by atoms with Gasteiger partial charge in [0.05, 0.1) is 28.9 Å². The number of halogens is 2. The summed E-state index contributed by atoms with van der Waals surface area (Å²) in [7, 11) is 0. The average molecular weight is 467 g/mol. The molecule has 33 heavy (non-hydrogen) atoms. The van der Waals surface area contributed by atoms with E-state index >= 15 is 0 Å². The second kappa shape index (κ2) is 9.17. The maximum Gasteiger partial charge on any atom is 0.265 e. The van der Waals surface area contributed by atoms with Crippen molar-refractivity contribution in [3.63, 3.8) is 0 Å². The molecule has 6 nitrogen and oxygen atoms in total. The van der Waals surface area contributed by atoms with Crippen LogP contribution in [-0.4, -0.2) is 19.9 Å². The van der Waals surface area contributed by atoms with E-state index in [4.69, 9.17) is 5.26 Å². The Balaban J connectivity index is 1.74. The number of thiazole rings is 1. The van der Waals surface area contributed by atoms with Crippen LogP contribution in [0.25, 0.3) is 11.3 Å². The maximum absolute atomic E-state index is 14.9. The molecule has 0 saturated heterocycles. The van der Waals surface area contributed by atoms with Crippen molar-refractivity contribution >= 4 is 11.3 Å². The van der Waals surface area contributed by atoms with Gasteiger partial charge in [-0.15, -0.1) is 16.0 Å². The van der Waals surface area contributed by atoms with E-state index in [-0.39, 0.29) is 12.1 Å². The lowest BCUT2D eigenvalue weighted by molar-refractivity contribution is -0.694. The van der Waals surface area contributed by atoms with Crippen molar-refractivity contribution in [1.82, 2.24) is 14.8 Å². The predicted octanol–water partition coefficient (Wildman–Crippen LogP) is 4.16. The zero-order valence-corrected chi connectivity index (χ0v) is 18.9. The Bertz CT molecular complexity index is 1310. The quantitative estimate of drug-likeness (QED) is 0.415. The van der Waals surface area contributed by atoms with E-state index in [2.05, 4.69) is 16.2 Å². The fraction of sp³-hybridized carbons (Fsp3) is 0.250. The Labute approximate surface area is 194 Å². The van der Waals surface area contributed by atoms with Crippen LogP contribution in [-0.2, 0) is 18.7 Å². The number of hydrogen-bond donors (Lipinski definition) is 1. The molecule has 0 bridgehead atoms. The third-order valence-corrected chi connectivity index (χ3v) is 6.74. The van der Waals surface area contributed by atoms with Crippen LogP contribution < -0.4 is 4.57 Å². The van der Waals surface area contributed by atoms with Crippen molar-refractivity contribution in [2.45, 2.75) is 38.5 Å². The van der Waals surface area contributed by atoms with Gasteiger partial charge in [0.1, 0.15) is 23.8 Å². The van der Waals surface area contributed by atoms with Crippen molar-refractivity contribution in [3.05, 3.63) is 88.3 Å². The van der Waals surface area contributed by atoms with Crippen molar-refractivity contribution in [1.29, 1.82) is 5.26 Å². The van der Waals surface area contributed by atoms with Crippen molar-refractivity contribution in [2.75, 3.05) is 0 Å². The molecular weight excluding hydrogens is 444 g/mol. The van der Waals surface area contributed by atoms with Crippen LogP contribution in [0.2, 0.25) is 0 Å². The Morgan fingerprint density at radius 1 is 1.24 bits per heavy atom. The first kappa shape index (κ1) is 22.7. The van der Waals surface area contributed by atoms with Gasteiger partial charge in [-0.25, -0.2) is 18.3 Å². The van der Waals surface area contributed by atoms with Gasteiger partial charge in [0.25, 0.3) is 6.33 Å². The number of nitriles is 1. The minimum absolute atomic E-state index is 0.0900. The molecule has 4 aromatic rings. The molecule has 0 aliphatic heterocycles. The standard InChI is InChI=1S/C24H22F2N5OS/c1-3-30-14-28-31(15-30)13-24(32,20-10-19(25)8-9-21(20)26)16(2)23-29-22(12-33-23)18-6-4-17(11-27)5-7-18/h4-10,12,14-16,32H,3,13H2,1-2H3/q+1/t16-,24+/m0/s1. The number of nitrogens with zero attached hydrogens (tertiary/aromatic N) is 5. The van der Waals surface area contributed by atoms with Crippen LogP contribution in [0.1, 0.15) is 35.9 Å². The van der Waals surface area contributed by atoms with Gasteiger partial charge < -0.3 is 5.11 Å². The van der Waals surface area contributed by atoms with Crippen molar-refractivity contribution in [2.24, 2.45) is 0 Å². The van der Waals surface area contributed by atoms with Crippen LogP contribution in [0.5, 0.6) is 0 Å². The summed E-state index contributed by atoms with van der Waals surface area (Å²) >= 11 is 1.33. The summed E-state index contributed by atoms with van der Waals surface area (Å²) in [6, 6.07) is 12.2. The van der Waals surface area contributed by atoms with Crippen LogP contribution in [0.15, 0.2) is 60.5 Å². The first-order valence-electron chi connectivity index (χ1n) is 10.4. The number of aliphatic hydroxyl groups is 1. The van der Waals surface area contributed by atoms with Crippen LogP contribution in [0.3, 0.4) is 0 Å². The van der Waals surface area contributed by atoms with Gasteiger partial charge >= 0.3 is 0 Å². The monoisotopic (exact) mass is 466 g/mol. The molecule has 9 heteroatoms. The average Bonchev–Trinajstić information content (AvgIpc) is 3.50. The summed E-state index contributed by atoms with van der Waals surface area (Å²) in [4.78, 5) is 4.67. The molecule has 0 saturated carbocycles. The molecule has 0 aliphatic rings. The molecule has 168 valence electrons. The van der Waals surface area contributed by atoms with E-state index in [0.717, 1.165) is 23.8 Å². The third-order valence-electron chi connectivity index (χ3n) is 5.71. The molecule has 2 atom stereocenters. The molecule has 1 N–H and O–H groups in total. The first-order valence-corrected chi connectivity index (χ1v) is 11.3. The number of hydrogen-bond acceptors (Lipinski definition) is 5. The summed E-state index contributed by atoms with van der Waals surface area (Å²) in [5.74, 6) is -2.02. The highest BCUT2D eigenvalue weighted by Gasteiger charge is 2.43. The van der Waals surface area contributed by atoms with E-state index in [0.29, 0.717) is 22.8 Å². The van der Waals surface area contributed by atoms with E-state index < -0.39 is 23.2 Å². The highest BCUT2D eigenvalue weighted by atomic mass is 32.1. The molecular formula is C24H22F2N5OS+. The largest absolute Gasteiger partial charge is 0.381 e. The van der Waals surface area contributed by atoms with Gasteiger partial charge in [-0.2, -0.15) is 5.26 Å². The molecule has 2 aromatic heterocycles. The minimum Gasteiger partial charge on any atom is -0.381 e. The van der Waals surface area contributed by atoms with Crippen LogP contribution >= 0.6 is 11.3 Å². The molecule has 0 unspecified atom stereocenters. The van der Waals surface area contributed by atoms with E-state index in [1.807, 2.05) is 16.9 Å². The van der Waals surface area contributed by atoms with E-state index in [9.17, 15) is 13.9 Å². The predicted molar refractivity (Wildman–Crippen MR) is 119 cm³/mol. The lowest BCUT2D eigenvalue weighted by Crippen LogP contribution is -2.39. The number of rotatable bonds is 7. The lowest BCUT2D eigenvalue weighted by Gasteiger charge is -2.32. The molecule has 0 amide bonds. The van der Waals surface area contributed by atoms with Crippen LogP contribution in [0.4, 0.5) is 8.78 Å². The summed E-state index contributed by atoms with van der Waals surface area (Å²) in [6.07, 6.45) is 3.32. The lowest BCUT2D eigenvalue weighted by atomic mass is 9.82. The fourth-order valence-corrected chi connectivity index (χ4v) is 4.65. The molecule has 2 aromatic carbocycles. The van der Waals surface area contributed by atoms with Gasteiger partial charge in [0, 0.05) is 27.5 Å². The molecule has 2 heterocycles. The second-order valence-electron chi connectivity index (χ2n) is 7.80. The summed E-state index contributed by atoms with van der Waals surface area (Å²) in [6.45, 7) is 4.28. The summed E-state index contributed by atoms with van der Waals surface area (Å²) < 4.78 is 32.3. The van der Waals surface area contributed by atoms with Gasteiger partial charge in [0.15, 0.2) is 0 Å². The zero-order valence-electron chi connectivity index (χ0n) is 18.1. The van der Waals surface area contributed by atoms with Crippen LogP contribution in [0, 0.1) is 23.0 Å². The van der Waals surface area contributed by atoms with Crippen molar-refractivity contribution < 1.29 is 18.5 Å². The zero-order chi connectivity index (χ0) is 23.6.